The van der Waals surface area contributed by atoms with E-state index in [4.69, 9.17) is 16.3 Å². The molecule has 0 radical (unpaired) electrons. The van der Waals surface area contributed by atoms with Gasteiger partial charge in [-0.1, -0.05) is 29.8 Å². The molecule has 132 valence electrons. The number of benzene rings is 2. The third-order valence-electron chi connectivity index (χ3n) is 3.91. The Morgan fingerprint density at radius 1 is 1.23 bits per heavy atom. The van der Waals surface area contributed by atoms with Crippen molar-refractivity contribution in [2.45, 2.75) is 6.92 Å². The zero-order valence-corrected chi connectivity index (χ0v) is 15.1. The number of rotatable bonds is 5. The van der Waals surface area contributed by atoms with Crippen LogP contribution in [0.15, 0.2) is 54.6 Å². The molecule has 5 nitrogen and oxygen atoms in total. The summed E-state index contributed by atoms with van der Waals surface area (Å²) < 4.78 is 6.66. The van der Waals surface area contributed by atoms with Crippen LogP contribution in [0, 0.1) is 6.92 Å². The highest BCUT2D eigenvalue weighted by atomic mass is 35.5. The summed E-state index contributed by atoms with van der Waals surface area (Å²) in [6.45, 7) is 1.83. The molecule has 6 heteroatoms. The SMILES string of the molecule is COc1cc(C(=O)/C=C\c2c(C)nn(-c3ccccc3)c2Cl)ccc1O. The normalized spacial score (nSPS) is 11.0. The van der Waals surface area contributed by atoms with Crippen LogP contribution in [0.4, 0.5) is 0 Å². The van der Waals surface area contributed by atoms with Gasteiger partial charge in [0.15, 0.2) is 17.3 Å². The number of methoxy groups -OCH3 is 1. The zero-order valence-electron chi connectivity index (χ0n) is 14.3. The number of allylic oxidation sites excluding steroid dienone is 1. The lowest BCUT2D eigenvalue weighted by molar-refractivity contribution is 0.104. The number of nitrogens with zero attached hydrogens (tertiary/aromatic N) is 2. The number of aromatic nitrogens is 2. The molecule has 0 aliphatic rings. The Morgan fingerprint density at radius 2 is 1.96 bits per heavy atom. The molecule has 3 rings (SSSR count). The van der Waals surface area contributed by atoms with Crippen LogP contribution in [-0.4, -0.2) is 27.8 Å². The Labute approximate surface area is 156 Å². The van der Waals surface area contributed by atoms with Gasteiger partial charge in [0.1, 0.15) is 5.15 Å². The molecule has 1 N–H and O–H groups in total. The number of phenols is 1. The molecule has 0 aliphatic heterocycles. The number of carbonyl (C=O) groups excluding carboxylic acids is 1. The smallest absolute Gasteiger partial charge is 0.185 e. The van der Waals surface area contributed by atoms with Gasteiger partial charge in [-0.15, -0.1) is 0 Å². The van der Waals surface area contributed by atoms with Crippen LogP contribution in [0.25, 0.3) is 11.8 Å². The van der Waals surface area contributed by atoms with Crippen LogP contribution < -0.4 is 4.74 Å². The average molecular weight is 369 g/mol. The fourth-order valence-corrected chi connectivity index (χ4v) is 2.86. The van der Waals surface area contributed by atoms with Gasteiger partial charge in [-0.2, -0.15) is 5.10 Å². The van der Waals surface area contributed by atoms with E-state index in [9.17, 15) is 9.90 Å². The summed E-state index contributed by atoms with van der Waals surface area (Å²) in [6.07, 6.45) is 3.07. The Bertz CT molecular complexity index is 978. The molecule has 0 amide bonds. The van der Waals surface area contributed by atoms with E-state index in [1.165, 1.54) is 31.4 Å². The quantitative estimate of drug-likeness (QED) is 0.534. The van der Waals surface area contributed by atoms with Crippen LogP contribution in [-0.2, 0) is 0 Å². The second kappa shape index (κ2) is 7.45. The van der Waals surface area contributed by atoms with Crippen LogP contribution in [0.1, 0.15) is 21.6 Å². The number of hydrogen-bond acceptors (Lipinski definition) is 4. The standard InChI is InChI=1S/C20H17ClN2O3/c1-13-16(20(21)23(22-13)15-6-4-3-5-7-15)9-11-17(24)14-8-10-18(25)19(12-14)26-2/h3-12,25H,1-2H3/b11-9-. The first kappa shape index (κ1) is 17.8. The van der Waals surface area contributed by atoms with Crippen molar-refractivity contribution in [1.29, 1.82) is 0 Å². The first-order chi connectivity index (χ1) is 12.5. The zero-order chi connectivity index (χ0) is 18.7. The van der Waals surface area contributed by atoms with E-state index in [0.717, 1.165) is 5.69 Å². The van der Waals surface area contributed by atoms with E-state index in [-0.39, 0.29) is 17.3 Å². The van der Waals surface area contributed by atoms with E-state index in [0.29, 0.717) is 22.0 Å². The van der Waals surface area contributed by atoms with Crippen LogP contribution in [0.3, 0.4) is 0 Å². The van der Waals surface area contributed by atoms with E-state index < -0.39 is 0 Å². The maximum Gasteiger partial charge on any atom is 0.185 e. The summed E-state index contributed by atoms with van der Waals surface area (Å²) in [5, 5.41) is 14.5. The van der Waals surface area contributed by atoms with Crippen molar-refractivity contribution >= 4 is 23.5 Å². The van der Waals surface area contributed by atoms with Gasteiger partial charge in [0.25, 0.3) is 0 Å². The third kappa shape index (κ3) is 3.48. The summed E-state index contributed by atoms with van der Waals surface area (Å²) in [5.41, 5.74) is 2.63. The lowest BCUT2D eigenvalue weighted by atomic mass is 10.1. The summed E-state index contributed by atoms with van der Waals surface area (Å²) >= 11 is 6.45. The number of hydrogen-bond donors (Lipinski definition) is 1. The molecule has 1 aromatic heterocycles. The Kier molecular flexibility index (Phi) is 5.09. The van der Waals surface area contributed by atoms with Crippen LogP contribution in [0.5, 0.6) is 11.5 Å². The predicted molar refractivity (Wildman–Crippen MR) is 101 cm³/mol. The van der Waals surface area contributed by atoms with Crippen molar-refractivity contribution in [3.63, 3.8) is 0 Å². The highest BCUT2D eigenvalue weighted by Gasteiger charge is 2.13. The highest BCUT2D eigenvalue weighted by Crippen LogP contribution is 2.27. The fourth-order valence-electron chi connectivity index (χ4n) is 2.53. The minimum absolute atomic E-state index is 0.0175. The Balaban J connectivity index is 1.89. The predicted octanol–water partition coefficient (Wildman–Crippen LogP) is 4.44. The molecular formula is C20H17ClN2O3. The number of ketones is 1. The van der Waals surface area contributed by atoms with Gasteiger partial charge in [-0.05, 0) is 49.4 Å². The van der Waals surface area contributed by atoms with Crippen molar-refractivity contribution in [3.8, 4) is 17.2 Å². The monoisotopic (exact) mass is 368 g/mol. The molecule has 0 saturated heterocycles. The van der Waals surface area contributed by atoms with Crippen LogP contribution in [0.2, 0.25) is 5.15 Å². The van der Waals surface area contributed by atoms with Crippen molar-refractivity contribution in [3.05, 3.63) is 76.6 Å². The molecule has 0 atom stereocenters. The minimum Gasteiger partial charge on any atom is -0.504 e. The summed E-state index contributed by atoms with van der Waals surface area (Å²) in [7, 11) is 1.43. The number of phenolic OH excluding ortho intramolecular Hbond substituents is 1. The number of carbonyl (C=O) groups is 1. The molecule has 0 saturated carbocycles. The van der Waals surface area contributed by atoms with Crippen molar-refractivity contribution in [2.75, 3.05) is 7.11 Å². The van der Waals surface area contributed by atoms with Gasteiger partial charge < -0.3 is 9.84 Å². The van der Waals surface area contributed by atoms with Crippen LogP contribution >= 0.6 is 11.6 Å². The maximum atomic E-state index is 12.4. The second-order valence-electron chi connectivity index (χ2n) is 5.62. The molecule has 0 unspecified atom stereocenters. The van der Waals surface area contributed by atoms with Gasteiger partial charge in [-0.25, -0.2) is 4.68 Å². The average Bonchev–Trinajstić information content (AvgIpc) is 2.94. The van der Waals surface area contributed by atoms with E-state index in [1.807, 2.05) is 37.3 Å². The molecule has 3 aromatic rings. The topological polar surface area (TPSA) is 64.3 Å². The molecule has 0 aliphatic carbocycles. The first-order valence-corrected chi connectivity index (χ1v) is 8.29. The van der Waals surface area contributed by atoms with Crippen molar-refractivity contribution in [2.24, 2.45) is 0 Å². The van der Waals surface area contributed by atoms with Gasteiger partial charge in [0, 0.05) is 11.1 Å². The molecule has 0 bridgehead atoms. The van der Waals surface area contributed by atoms with Gasteiger partial charge >= 0.3 is 0 Å². The number of halogens is 1. The summed E-state index contributed by atoms with van der Waals surface area (Å²) in [4.78, 5) is 12.4. The van der Waals surface area contributed by atoms with E-state index >= 15 is 0 Å². The van der Waals surface area contributed by atoms with E-state index in [2.05, 4.69) is 5.10 Å². The molecule has 26 heavy (non-hydrogen) atoms. The number of ether oxygens (including phenoxy) is 1. The summed E-state index contributed by atoms with van der Waals surface area (Å²) in [5.74, 6) is -0.00218. The lowest BCUT2D eigenvalue weighted by Gasteiger charge is -2.04. The second-order valence-corrected chi connectivity index (χ2v) is 5.98. The van der Waals surface area contributed by atoms with Gasteiger partial charge in [-0.3, -0.25) is 4.79 Å². The number of aryl methyl sites for hydroxylation is 1. The minimum atomic E-state index is -0.230. The fraction of sp³-hybridized carbons (Fsp3) is 0.100. The van der Waals surface area contributed by atoms with Gasteiger partial charge in [0.05, 0.1) is 18.5 Å². The summed E-state index contributed by atoms with van der Waals surface area (Å²) in [6, 6.07) is 14.0. The molecular weight excluding hydrogens is 352 g/mol. The maximum absolute atomic E-state index is 12.4. The lowest BCUT2D eigenvalue weighted by Crippen LogP contribution is -1.96. The van der Waals surface area contributed by atoms with Crippen molar-refractivity contribution in [1.82, 2.24) is 9.78 Å². The largest absolute Gasteiger partial charge is 0.504 e. The van der Waals surface area contributed by atoms with Gasteiger partial charge in [0.2, 0.25) is 0 Å². The number of para-hydroxylation sites is 1. The first-order valence-electron chi connectivity index (χ1n) is 7.91. The number of aromatic hydroxyl groups is 1. The third-order valence-corrected chi connectivity index (χ3v) is 4.28. The Morgan fingerprint density at radius 3 is 2.65 bits per heavy atom. The van der Waals surface area contributed by atoms with E-state index in [1.54, 1.807) is 10.8 Å². The molecule has 2 aromatic carbocycles. The Hall–Kier alpha value is -3.05. The molecule has 0 spiro atoms. The molecule has 0 fully saturated rings. The van der Waals surface area contributed by atoms with Crippen molar-refractivity contribution < 1.29 is 14.6 Å². The molecule has 1 heterocycles. The highest BCUT2D eigenvalue weighted by molar-refractivity contribution is 6.31.